The van der Waals surface area contributed by atoms with E-state index in [1.807, 2.05) is 0 Å². The van der Waals surface area contributed by atoms with Crippen LogP contribution in [0, 0.1) is 0 Å². The molecule has 1 aromatic carbocycles. The van der Waals surface area contributed by atoms with Crippen LogP contribution in [0.2, 0.25) is 5.02 Å². The second-order valence-electron chi connectivity index (χ2n) is 3.88. The first kappa shape index (κ1) is 13.2. The lowest BCUT2D eigenvalue weighted by Crippen LogP contribution is -2.19. The van der Waals surface area contributed by atoms with Gasteiger partial charge in [0.1, 0.15) is 12.2 Å². The third kappa shape index (κ3) is 3.35. The fourth-order valence-corrected chi connectivity index (χ4v) is 1.86. The van der Waals surface area contributed by atoms with Crippen molar-refractivity contribution in [3.63, 3.8) is 0 Å². The highest BCUT2D eigenvalue weighted by molar-refractivity contribution is 6.30. The van der Waals surface area contributed by atoms with Crippen molar-refractivity contribution in [2.75, 3.05) is 5.32 Å². The van der Waals surface area contributed by atoms with Crippen LogP contribution in [-0.2, 0) is 11.3 Å². The second kappa shape index (κ2) is 5.58. The Labute approximate surface area is 114 Å². The summed E-state index contributed by atoms with van der Waals surface area (Å²) < 4.78 is 1.36. The molecule has 0 atom stereocenters. The van der Waals surface area contributed by atoms with Gasteiger partial charge in [-0.25, -0.2) is 0 Å². The normalized spacial score (nSPS) is 10.2. The van der Waals surface area contributed by atoms with Gasteiger partial charge in [0.2, 0.25) is 0 Å². The smallest absolute Gasteiger partial charge is 0.323 e. The van der Waals surface area contributed by atoms with Crippen molar-refractivity contribution >= 4 is 29.2 Å². The molecule has 0 aliphatic heterocycles. The number of aromatic nitrogens is 1. The predicted octanol–water partition coefficient (Wildman–Crippen LogP) is 2.48. The lowest BCUT2D eigenvalue weighted by atomic mass is 10.3. The molecule has 0 aliphatic carbocycles. The molecule has 1 amide bonds. The van der Waals surface area contributed by atoms with Crippen LogP contribution < -0.4 is 5.32 Å². The summed E-state index contributed by atoms with van der Waals surface area (Å²) in [7, 11) is 0. The van der Waals surface area contributed by atoms with Crippen molar-refractivity contribution in [3.05, 3.63) is 53.3 Å². The first-order valence-corrected chi connectivity index (χ1v) is 5.88. The molecule has 0 radical (unpaired) electrons. The quantitative estimate of drug-likeness (QED) is 0.902. The van der Waals surface area contributed by atoms with Crippen LogP contribution >= 0.6 is 11.6 Å². The molecular weight excluding hydrogens is 268 g/mol. The summed E-state index contributed by atoms with van der Waals surface area (Å²) in [4.78, 5) is 22.7. The highest BCUT2D eigenvalue weighted by Crippen LogP contribution is 2.16. The predicted molar refractivity (Wildman–Crippen MR) is 71.5 cm³/mol. The largest absolute Gasteiger partial charge is 0.480 e. The Morgan fingerprint density at radius 2 is 2.05 bits per heavy atom. The fourth-order valence-electron chi connectivity index (χ4n) is 1.67. The van der Waals surface area contributed by atoms with E-state index in [0.717, 1.165) is 0 Å². The third-order valence-electron chi connectivity index (χ3n) is 2.45. The Kier molecular flexibility index (Phi) is 3.87. The fraction of sp³-hybridized carbons (Fsp3) is 0.0769. The molecule has 0 fully saturated rings. The van der Waals surface area contributed by atoms with Crippen LogP contribution in [0.1, 0.15) is 10.5 Å². The van der Waals surface area contributed by atoms with Crippen molar-refractivity contribution in [1.29, 1.82) is 0 Å². The standard InChI is InChI=1S/C13H11ClN2O3/c14-9-3-1-4-10(7-9)15-13(19)11-5-2-6-16(11)8-12(17)18/h1-7H,8H2,(H,15,19)(H,17,18). The highest BCUT2D eigenvalue weighted by atomic mass is 35.5. The van der Waals surface area contributed by atoms with E-state index in [0.29, 0.717) is 10.7 Å². The molecule has 0 spiro atoms. The second-order valence-corrected chi connectivity index (χ2v) is 4.32. The van der Waals surface area contributed by atoms with Gasteiger partial charge >= 0.3 is 5.97 Å². The van der Waals surface area contributed by atoms with Gasteiger partial charge in [0, 0.05) is 16.9 Å². The first-order valence-electron chi connectivity index (χ1n) is 5.50. The zero-order chi connectivity index (χ0) is 13.8. The molecule has 2 N–H and O–H groups in total. The van der Waals surface area contributed by atoms with E-state index >= 15 is 0 Å². The SMILES string of the molecule is O=C(O)Cn1cccc1C(=O)Nc1cccc(Cl)c1. The molecule has 1 heterocycles. The number of hydrogen-bond acceptors (Lipinski definition) is 2. The number of amides is 1. The van der Waals surface area contributed by atoms with Crippen molar-refractivity contribution in [3.8, 4) is 0 Å². The highest BCUT2D eigenvalue weighted by Gasteiger charge is 2.12. The molecule has 0 aliphatic rings. The maximum absolute atomic E-state index is 12.0. The van der Waals surface area contributed by atoms with Crippen LogP contribution in [-0.4, -0.2) is 21.6 Å². The number of nitrogens with one attached hydrogen (secondary N) is 1. The van der Waals surface area contributed by atoms with Gasteiger partial charge in [-0.3, -0.25) is 9.59 Å². The maximum Gasteiger partial charge on any atom is 0.323 e. The minimum Gasteiger partial charge on any atom is -0.480 e. The number of rotatable bonds is 4. The summed E-state index contributed by atoms with van der Waals surface area (Å²) in [5.74, 6) is -1.39. The molecule has 5 nitrogen and oxygen atoms in total. The Balaban J connectivity index is 2.16. The molecular formula is C13H11ClN2O3. The van der Waals surface area contributed by atoms with E-state index in [9.17, 15) is 9.59 Å². The van der Waals surface area contributed by atoms with Crippen molar-refractivity contribution in [2.45, 2.75) is 6.54 Å². The average molecular weight is 279 g/mol. The summed E-state index contributed by atoms with van der Waals surface area (Å²) in [6, 6.07) is 9.91. The number of carbonyl (C=O) groups is 2. The molecule has 0 bridgehead atoms. The molecule has 0 saturated heterocycles. The number of carbonyl (C=O) groups excluding carboxylic acids is 1. The van der Waals surface area contributed by atoms with Gasteiger partial charge in [-0.05, 0) is 30.3 Å². The number of anilines is 1. The molecule has 0 unspecified atom stereocenters. The Bertz CT molecular complexity index is 622. The van der Waals surface area contributed by atoms with E-state index < -0.39 is 5.97 Å². The van der Waals surface area contributed by atoms with Crippen molar-refractivity contribution in [2.24, 2.45) is 0 Å². The number of carboxylic acid groups (broad SMARTS) is 1. The van der Waals surface area contributed by atoms with Gasteiger partial charge in [0.25, 0.3) is 5.91 Å². The first-order chi connectivity index (χ1) is 9.06. The molecule has 1 aromatic heterocycles. The van der Waals surface area contributed by atoms with Gasteiger partial charge in [-0.1, -0.05) is 17.7 Å². The Morgan fingerprint density at radius 1 is 1.26 bits per heavy atom. The Morgan fingerprint density at radius 3 is 2.74 bits per heavy atom. The minimum atomic E-state index is -1.01. The monoisotopic (exact) mass is 278 g/mol. The van der Waals surface area contributed by atoms with Crippen LogP contribution in [0.5, 0.6) is 0 Å². The summed E-state index contributed by atoms with van der Waals surface area (Å²) in [6.07, 6.45) is 1.54. The summed E-state index contributed by atoms with van der Waals surface area (Å²) >= 11 is 5.82. The molecule has 6 heteroatoms. The van der Waals surface area contributed by atoms with Gasteiger partial charge in [0.15, 0.2) is 0 Å². The lowest BCUT2D eigenvalue weighted by Gasteiger charge is -2.08. The third-order valence-corrected chi connectivity index (χ3v) is 2.69. The zero-order valence-electron chi connectivity index (χ0n) is 9.84. The number of aliphatic carboxylic acids is 1. The molecule has 2 aromatic rings. The zero-order valence-corrected chi connectivity index (χ0v) is 10.6. The summed E-state index contributed by atoms with van der Waals surface area (Å²) in [5, 5.41) is 11.9. The van der Waals surface area contributed by atoms with E-state index in [1.165, 1.54) is 4.57 Å². The average Bonchev–Trinajstić information content (AvgIpc) is 2.76. The number of nitrogens with zero attached hydrogens (tertiary/aromatic N) is 1. The minimum absolute atomic E-state index is 0.259. The molecule has 0 saturated carbocycles. The summed E-state index contributed by atoms with van der Waals surface area (Å²) in [6.45, 7) is -0.259. The lowest BCUT2D eigenvalue weighted by molar-refractivity contribution is -0.137. The van der Waals surface area contributed by atoms with Gasteiger partial charge in [-0.15, -0.1) is 0 Å². The Hall–Kier alpha value is -2.27. The van der Waals surface area contributed by atoms with Gasteiger partial charge < -0.3 is 15.0 Å². The van der Waals surface area contributed by atoms with Crippen molar-refractivity contribution < 1.29 is 14.7 Å². The van der Waals surface area contributed by atoms with Crippen molar-refractivity contribution in [1.82, 2.24) is 4.57 Å². The maximum atomic E-state index is 12.0. The molecule has 2 rings (SSSR count). The van der Waals surface area contributed by atoms with Crippen LogP contribution in [0.3, 0.4) is 0 Å². The number of halogens is 1. The number of benzene rings is 1. The van der Waals surface area contributed by atoms with Crippen LogP contribution in [0.4, 0.5) is 5.69 Å². The van der Waals surface area contributed by atoms with Crippen LogP contribution in [0.25, 0.3) is 0 Å². The molecule has 19 heavy (non-hydrogen) atoms. The van der Waals surface area contributed by atoms with Gasteiger partial charge in [-0.2, -0.15) is 0 Å². The van der Waals surface area contributed by atoms with E-state index in [-0.39, 0.29) is 18.1 Å². The van der Waals surface area contributed by atoms with E-state index in [1.54, 1.807) is 42.6 Å². The van der Waals surface area contributed by atoms with Crippen LogP contribution in [0.15, 0.2) is 42.6 Å². The number of carboxylic acids is 1. The molecule has 98 valence electrons. The van der Waals surface area contributed by atoms with E-state index in [2.05, 4.69) is 5.32 Å². The van der Waals surface area contributed by atoms with E-state index in [4.69, 9.17) is 16.7 Å². The topological polar surface area (TPSA) is 71.3 Å². The van der Waals surface area contributed by atoms with Gasteiger partial charge in [0.05, 0.1) is 0 Å². The number of hydrogen-bond donors (Lipinski definition) is 2. The summed E-state index contributed by atoms with van der Waals surface area (Å²) in [5.41, 5.74) is 0.836.